The first-order valence-corrected chi connectivity index (χ1v) is 6.88. The Morgan fingerprint density at radius 2 is 2.00 bits per heavy atom. The Hall–Kier alpha value is -0.880. The van der Waals surface area contributed by atoms with E-state index in [1.165, 1.54) is 3.57 Å². The molecule has 0 spiro atoms. The fraction of sp³-hybridized carbons (Fsp3) is 0.308. The molecule has 0 aliphatic heterocycles. The van der Waals surface area contributed by atoms with E-state index < -0.39 is 0 Å². The van der Waals surface area contributed by atoms with Gasteiger partial charge in [0, 0.05) is 16.3 Å². The number of halogens is 1. The van der Waals surface area contributed by atoms with E-state index in [-0.39, 0.29) is 0 Å². The normalized spacial score (nSPS) is 10.7. The van der Waals surface area contributed by atoms with Gasteiger partial charge in [0.25, 0.3) is 0 Å². The molecule has 0 atom stereocenters. The van der Waals surface area contributed by atoms with Crippen LogP contribution in [0.1, 0.15) is 19.0 Å². The van der Waals surface area contributed by atoms with Crippen LogP contribution in [0.25, 0.3) is 5.69 Å². The summed E-state index contributed by atoms with van der Waals surface area (Å²) in [6.45, 7) is 4.04. The lowest BCUT2D eigenvalue weighted by atomic mass is 10.3. The first-order valence-electron chi connectivity index (χ1n) is 5.81. The van der Waals surface area contributed by atoms with Crippen molar-refractivity contribution in [1.29, 1.82) is 0 Å². The second kappa shape index (κ2) is 6.16. The van der Waals surface area contributed by atoms with Crippen molar-refractivity contribution in [3.05, 3.63) is 45.8 Å². The molecule has 0 unspecified atom stereocenters. The molecule has 1 heterocycles. The maximum absolute atomic E-state index is 4.53. The van der Waals surface area contributed by atoms with Gasteiger partial charge < -0.3 is 5.32 Å². The quantitative estimate of drug-likeness (QED) is 0.669. The van der Waals surface area contributed by atoms with Crippen LogP contribution >= 0.6 is 22.6 Å². The molecule has 17 heavy (non-hydrogen) atoms. The molecule has 1 N–H and O–H groups in total. The predicted octanol–water partition coefficient (Wildman–Crippen LogP) is 2.98. The fourth-order valence-electron chi connectivity index (χ4n) is 1.59. The van der Waals surface area contributed by atoms with Gasteiger partial charge in [0.15, 0.2) is 0 Å². The van der Waals surface area contributed by atoms with Gasteiger partial charge in [-0.25, -0.2) is 4.68 Å². The van der Waals surface area contributed by atoms with Gasteiger partial charge >= 0.3 is 0 Å². The first-order chi connectivity index (χ1) is 8.29. The average molecular weight is 341 g/mol. The van der Waals surface area contributed by atoms with Gasteiger partial charge in [0.05, 0.1) is 11.4 Å². The number of hydrogen-bond acceptors (Lipinski definition) is 2. The summed E-state index contributed by atoms with van der Waals surface area (Å²) in [6, 6.07) is 10.4. The Morgan fingerprint density at radius 3 is 2.71 bits per heavy atom. The Kier molecular flexibility index (Phi) is 4.56. The molecule has 0 radical (unpaired) electrons. The molecular weight excluding hydrogens is 325 g/mol. The van der Waals surface area contributed by atoms with Crippen LogP contribution in [-0.2, 0) is 6.54 Å². The fourth-order valence-corrected chi connectivity index (χ4v) is 1.95. The smallest absolute Gasteiger partial charge is 0.0766 e. The number of aromatic nitrogens is 2. The van der Waals surface area contributed by atoms with E-state index >= 15 is 0 Å². The van der Waals surface area contributed by atoms with Gasteiger partial charge in [-0.1, -0.05) is 6.92 Å². The predicted molar refractivity (Wildman–Crippen MR) is 78.3 cm³/mol. The van der Waals surface area contributed by atoms with Crippen molar-refractivity contribution in [3.63, 3.8) is 0 Å². The van der Waals surface area contributed by atoms with Crippen molar-refractivity contribution in [1.82, 2.24) is 15.1 Å². The zero-order valence-corrected chi connectivity index (χ0v) is 12.0. The monoisotopic (exact) mass is 341 g/mol. The zero-order chi connectivity index (χ0) is 12.1. The van der Waals surface area contributed by atoms with Crippen molar-refractivity contribution in [2.75, 3.05) is 6.54 Å². The highest BCUT2D eigenvalue weighted by molar-refractivity contribution is 14.1. The molecule has 0 bridgehead atoms. The van der Waals surface area contributed by atoms with E-state index in [0.29, 0.717) is 0 Å². The molecule has 0 amide bonds. The highest BCUT2D eigenvalue weighted by Crippen LogP contribution is 2.11. The SMILES string of the molecule is CCCNCc1ccn(-c2ccc(I)cc2)n1. The highest BCUT2D eigenvalue weighted by atomic mass is 127. The standard InChI is InChI=1S/C13H16IN3/c1-2-8-15-10-12-7-9-17(16-12)13-5-3-11(14)4-6-13/h3-7,9,15H,2,8,10H2,1H3. The van der Waals surface area contributed by atoms with Crippen molar-refractivity contribution in [2.45, 2.75) is 19.9 Å². The van der Waals surface area contributed by atoms with Gasteiger partial charge in [-0.2, -0.15) is 5.10 Å². The number of benzene rings is 1. The molecule has 0 aliphatic rings. The molecule has 0 aliphatic carbocycles. The first kappa shape index (κ1) is 12.6. The Balaban J connectivity index is 2.04. The molecule has 1 aromatic heterocycles. The third kappa shape index (κ3) is 3.54. The van der Waals surface area contributed by atoms with Crippen molar-refractivity contribution in [2.24, 2.45) is 0 Å². The lowest BCUT2D eigenvalue weighted by molar-refractivity contribution is 0.656. The third-order valence-corrected chi connectivity index (χ3v) is 3.19. The van der Waals surface area contributed by atoms with Gasteiger partial charge in [0.1, 0.15) is 0 Å². The van der Waals surface area contributed by atoms with Gasteiger partial charge in [-0.05, 0) is 65.9 Å². The van der Waals surface area contributed by atoms with E-state index in [0.717, 1.165) is 30.9 Å². The summed E-state index contributed by atoms with van der Waals surface area (Å²) in [5.41, 5.74) is 2.18. The molecule has 0 saturated carbocycles. The van der Waals surface area contributed by atoms with Crippen molar-refractivity contribution < 1.29 is 0 Å². The molecule has 0 saturated heterocycles. The van der Waals surface area contributed by atoms with Crippen LogP contribution in [0, 0.1) is 3.57 Å². The number of nitrogens with zero attached hydrogens (tertiary/aromatic N) is 2. The summed E-state index contributed by atoms with van der Waals surface area (Å²) in [5, 5.41) is 7.88. The summed E-state index contributed by atoms with van der Waals surface area (Å²) in [6.07, 6.45) is 3.16. The Morgan fingerprint density at radius 1 is 1.24 bits per heavy atom. The summed E-state index contributed by atoms with van der Waals surface area (Å²) in [7, 11) is 0. The van der Waals surface area contributed by atoms with Crippen LogP contribution in [0.15, 0.2) is 36.5 Å². The van der Waals surface area contributed by atoms with E-state index in [4.69, 9.17) is 0 Å². The topological polar surface area (TPSA) is 29.9 Å². The molecular formula is C13H16IN3. The van der Waals surface area contributed by atoms with E-state index in [2.05, 4.69) is 70.3 Å². The maximum Gasteiger partial charge on any atom is 0.0766 e. The minimum Gasteiger partial charge on any atom is -0.311 e. The van der Waals surface area contributed by atoms with Crippen LogP contribution in [0.3, 0.4) is 0 Å². The van der Waals surface area contributed by atoms with Crippen LogP contribution in [0.4, 0.5) is 0 Å². The van der Waals surface area contributed by atoms with Crippen LogP contribution < -0.4 is 5.32 Å². The molecule has 3 nitrogen and oxygen atoms in total. The van der Waals surface area contributed by atoms with Crippen LogP contribution in [-0.4, -0.2) is 16.3 Å². The average Bonchev–Trinajstić information content (AvgIpc) is 2.79. The van der Waals surface area contributed by atoms with Crippen molar-refractivity contribution in [3.8, 4) is 5.69 Å². The second-order valence-electron chi connectivity index (χ2n) is 3.90. The maximum atomic E-state index is 4.53. The van der Waals surface area contributed by atoms with Crippen LogP contribution in [0.2, 0.25) is 0 Å². The minimum absolute atomic E-state index is 0.839. The Labute approximate surface area is 115 Å². The Bertz CT molecular complexity index is 462. The van der Waals surface area contributed by atoms with Gasteiger partial charge in [-0.3, -0.25) is 0 Å². The summed E-state index contributed by atoms with van der Waals surface area (Å²) < 4.78 is 3.15. The summed E-state index contributed by atoms with van der Waals surface area (Å²) >= 11 is 2.30. The molecule has 1 aromatic carbocycles. The van der Waals surface area contributed by atoms with E-state index in [1.54, 1.807) is 0 Å². The molecule has 90 valence electrons. The highest BCUT2D eigenvalue weighted by Gasteiger charge is 2.00. The molecule has 2 rings (SSSR count). The molecule has 0 fully saturated rings. The lowest BCUT2D eigenvalue weighted by Gasteiger charge is -2.01. The molecule has 4 heteroatoms. The van der Waals surface area contributed by atoms with Gasteiger partial charge in [-0.15, -0.1) is 0 Å². The second-order valence-corrected chi connectivity index (χ2v) is 5.15. The number of rotatable bonds is 5. The zero-order valence-electron chi connectivity index (χ0n) is 9.86. The van der Waals surface area contributed by atoms with Crippen molar-refractivity contribution >= 4 is 22.6 Å². The van der Waals surface area contributed by atoms with Crippen LogP contribution in [0.5, 0.6) is 0 Å². The van der Waals surface area contributed by atoms with Gasteiger partial charge in [0.2, 0.25) is 0 Å². The largest absolute Gasteiger partial charge is 0.311 e. The lowest BCUT2D eigenvalue weighted by Crippen LogP contribution is -2.14. The minimum atomic E-state index is 0.839. The van der Waals surface area contributed by atoms with E-state index in [1.807, 2.05) is 10.9 Å². The van der Waals surface area contributed by atoms with E-state index in [9.17, 15) is 0 Å². The summed E-state index contributed by atoms with van der Waals surface area (Å²) in [5.74, 6) is 0. The number of nitrogens with one attached hydrogen (secondary N) is 1. The summed E-state index contributed by atoms with van der Waals surface area (Å²) in [4.78, 5) is 0. The third-order valence-electron chi connectivity index (χ3n) is 2.47. The number of hydrogen-bond donors (Lipinski definition) is 1. The molecule has 2 aromatic rings.